The standard InChI is InChI=1S/C19H15IN2O4/c20-16-9-14(6-7-17(16)26-12-18(23)24)8-15(10-21)19(25)22-11-13-4-2-1-3-5-13/h1-9H,11-12H2,(H,22,25)(H,23,24)/b15-8-. The molecular formula is C19H15IN2O4. The van der Waals surface area contributed by atoms with Gasteiger partial charge in [0.25, 0.3) is 5.91 Å². The van der Waals surface area contributed by atoms with Crippen LogP contribution in [0.2, 0.25) is 0 Å². The molecule has 132 valence electrons. The molecule has 0 aliphatic heterocycles. The van der Waals surface area contributed by atoms with E-state index in [2.05, 4.69) is 5.32 Å². The lowest BCUT2D eigenvalue weighted by Gasteiger charge is -2.07. The van der Waals surface area contributed by atoms with Gasteiger partial charge in [-0.2, -0.15) is 5.26 Å². The Morgan fingerprint density at radius 3 is 2.58 bits per heavy atom. The van der Waals surface area contributed by atoms with E-state index in [0.29, 0.717) is 21.4 Å². The van der Waals surface area contributed by atoms with Crippen molar-refractivity contribution in [2.75, 3.05) is 6.61 Å². The van der Waals surface area contributed by atoms with Crippen molar-refractivity contribution in [1.29, 1.82) is 5.26 Å². The molecule has 2 rings (SSSR count). The maximum atomic E-state index is 12.2. The minimum absolute atomic E-state index is 0.0177. The van der Waals surface area contributed by atoms with Crippen molar-refractivity contribution in [3.05, 3.63) is 68.8 Å². The van der Waals surface area contributed by atoms with Crippen LogP contribution in [0.15, 0.2) is 54.1 Å². The lowest BCUT2D eigenvalue weighted by atomic mass is 10.1. The summed E-state index contributed by atoms with van der Waals surface area (Å²) in [5.74, 6) is -1.10. The van der Waals surface area contributed by atoms with Crippen molar-refractivity contribution in [3.63, 3.8) is 0 Å². The van der Waals surface area contributed by atoms with Gasteiger partial charge in [0.05, 0.1) is 3.57 Å². The zero-order valence-electron chi connectivity index (χ0n) is 13.6. The number of ether oxygens (including phenoxy) is 1. The van der Waals surface area contributed by atoms with Crippen molar-refractivity contribution in [1.82, 2.24) is 5.32 Å². The van der Waals surface area contributed by atoms with Crippen LogP contribution in [0.5, 0.6) is 5.75 Å². The summed E-state index contributed by atoms with van der Waals surface area (Å²) in [6.45, 7) is -0.102. The highest BCUT2D eigenvalue weighted by Gasteiger charge is 2.10. The fraction of sp³-hybridized carbons (Fsp3) is 0.105. The number of benzene rings is 2. The fourth-order valence-electron chi connectivity index (χ4n) is 2.05. The minimum atomic E-state index is -1.06. The average molecular weight is 462 g/mol. The summed E-state index contributed by atoms with van der Waals surface area (Å²) in [5, 5.41) is 20.6. The summed E-state index contributed by atoms with van der Waals surface area (Å²) >= 11 is 2.00. The van der Waals surface area contributed by atoms with Gasteiger partial charge >= 0.3 is 5.97 Å². The molecular weight excluding hydrogens is 447 g/mol. The van der Waals surface area contributed by atoms with Gasteiger partial charge in [0.1, 0.15) is 17.4 Å². The minimum Gasteiger partial charge on any atom is -0.481 e. The molecule has 0 atom stereocenters. The molecule has 1 amide bonds. The summed E-state index contributed by atoms with van der Waals surface area (Å²) in [4.78, 5) is 22.7. The van der Waals surface area contributed by atoms with E-state index < -0.39 is 18.5 Å². The Morgan fingerprint density at radius 2 is 1.96 bits per heavy atom. The lowest BCUT2D eigenvalue weighted by molar-refractivity contribution is -0.139. The molecule has 0 saturated heterocycles. The third-order valence-electron chi connectivity index (χ3n) is 3.28. The van der Waals surface area contributed by atoms with E-state index >= 15 is 0 Å². The number of nitriles is 1. The summed E-state index contributed by atoms with van der Waals surface area (Å²) in [7, 11) is 0. The number of hydrogen-bond donors (Lipinski definition) is 2. The van der Waals surface area contributed by atoms with E-state index in [1.165, 1.54) is 6.08 Å². The van der Waals surface area contributed by atoms with Gasteiger partial charge in [-0.3, -0.25) is 4.79 Å². The Morgan fingerprint density at radius 1 is 1.23 bits per heavy atom. The Hall–Kier alpha value is -2.86. The number of carboxylic acids is 1. The van der Waals surface area contributed by atoms with Crippen molar-refractivity contribution >= 4 is 40.5 Å². The van der Waals surface area contributed by atoms with Crippen LogP contribution in [0.4, 0.5) is 0 Å². The van der Waals surface area contributed by atoms with Crippen molar-refractivity contribution in [2.24, 2.45) is 0 Å². The number of hydrogen-bond acceptors (Lipinski definition) is 4. The third kappa shape index (κ3) is 5.89. The highest BCUT2D eigenvalue weighted by molar-refractivity contribution is 14.1. The second-order valence-corrected chi connectivity index (χ2v) is 6.37. The zero-order valence-corrected chi connectivity index (χ0v) is 15.8. The molecule has 0 heterocycles. The Kier molecular flexibility index (Phi) is 7.17. The predicted octanol–water partition coefficient (Wildman–Crippen LogP) is 2.98. The number of rotatable bonds is 7. The Bertz CT molecular complexity index is 873. The highest BCUT2D eigenvalue weighted by atomic mass is 127. The molecule has 0 bridgehead atoms. The SMILES string of the molecule is N#C/C(=C/c1ccc(OCC(=O)O)c(I)c1)C(=O)NCc1ccccc1. The van der Waals surface area contributed by atoms with E-state index in [-0.39, 0.29) is 5.57 Å². The molecule has 0 radical (unpaired) electrons. The molecule has 6 nitrogen and oxygen atoms in total. The largest absolute Gasteiger partial charge is 0.481 e. The third-order valence-corrected chi connectivity index (χ3v) is 4.12. The quantitative estimate of drug-likeness (QED) is 0.375. The molecule has 2 aromatic carbocycles. The van der Waals surface area contributed by atoms with Crippen LogP contribution in [0, 0.1) is 14.9 Å². The second-order valence-electron chi connectivity index (χ2n) is 5.21. The van der Waals surface area contributed by atoms with Crippen LogP contribution >= 0.6 is 22.6 Å². The molecule has 7 heteroatoms. The Labute approximate surface area is 164 Å². The average Bonchev–Trinajstić information content (AvgIpc) is 2.64. The van der Waals surface area contributed by atoms with Crippen LogP contribution in [0.3, 0.4) is 0 Å². The van der Waals surface area contributed by atoms with Gasteiger partial charge in [-0.15, -0.1) is 0 Å². The van der Waals surface area contributed by atoms with Gasteiger partial charge in [0.15, 0.2) is 6.61 Å². The molecule has 2 aromatic rings. The van der Waals surface area contributed by atoms with E-state index in [9.17, 15) is 14.9 Å². The topological polar surface area (TPSA) is 99.4 Å². The van der Waals surface area contributed by atoms with Gasteiger partial charge in [0, 0.05) is 6.54 Å². The first-order valence-electron chi connectivity index (χ1n) is 7.57. The van der Waals surface area contributed by atoms with Crippen molar-refractivity contribution in [3.8, 4) is 11.8 Å². The molecule has 0 saturated carbocycles. The van der Waals surface area contributed by atoms with Crippen LogP contribution in [-0.2, 0) is 16.1 Å². The fourth-order valence-corrected chi connectivity index (χ4v) is 2.75. The molecule has 2 N–H and O–H groups in total. The Balaban J connectivity index is 2.07. The van der Waals surface area contributed by atoms with Gasteiger partial charge in [0.2, 0.25) is 0 Å². The number of halogens is 1. The molecule has 0 unspecified atom stereocenters. The summed E-state index contributed by atoms with van der Waals surface area (Å²) < 4.78 is 5.83. The van der Waals surface area contributed by atoms with Crippen LogP contribution in [0.1, 0.15) is 11.1 Å². The number of nitrogens with zero attached hydrogens (tertiary/aromatic N) is 1. The first-order valence-corrected chi connectivity index (χ1v) is 8.65. The monoisotopic (exact) mass is 462 g/mol. The summed E-state index contributed by atoms with van der Waals surface area (Å²) in [6, 6.07) is 16.3. The number of nitrogens with one attached hydrogen (secondary N) is 1. The van der Waals surface area contributed by atoms with Gasteiger partial charge < -0.3 is 15.2 Å². The predicted molar refractivity (Wildman–Crippen MR) is 104 cm³/mol. The van der Waals surface area contributed by atoms with Crippen LogP contribution in [-0.4, -0.2) is 23.6 Å². The normalized spacial score (nSPS) is 10.7. The number of aliphatic carboxylic acids is 1. The number of carbonyl (C=O) groups is 2. The smallest absolute Gasteiger partial charge is 0.341 e. The molecule has 0 aliphatic rings. The first-order chi connectivity index (χ1) is 12.5. The van der Waals surface area contributed by atoms with E-state index in [0.717, 1.165) is 5.56 Å². The number of carbonyl (C=O) groups excluding carboxylic acids is 1. The second kappa shape index (κ2) is 9.58. The maximum Gasteiger partial charge on any atom is 0.341 e. The molecule has 0 aliphatic carbocycles. The summed E-state index contributed by atoms with van der Waals surface area (Å²) in [5.41, 5.74) is 1.56. The van der Waals surface area contributed by atoms with E-state index in [1.54, 1.807) is 18.2 Å². The van der Waals surface area contributed by atoms with Gasteiger partial charge in [-0.05, 0) is 51.9 Å². The lowest BCUT2D eigenvalue weighted by Crippen LogP contribution is -2.23. The van der Waals surface area contributed by atoms with Gasteiger partial charge in [-0.25, -0.2) is 4.79 Å². The van der Waals surface area contributed by atoms with Crippen molar-refractivity contribution < 1.29 is 19.4 Å². The van der Waals surface area contributed by atoms with Gasteiger partial charge in [-0.1, -0.05) is 36.4 Å². The number of carboxylic acid groups (broad SMARTS) is 1. The van der Waals surface area contributed by atoms with Crippen LogP contribution in [0.25, 0.3) is 6.08 Å². The molecule has 0 aromatic heterocycles. The zero-order chi connectivity index (χ0) is 18.9. The number of amides is 1. The van der Waals surface area contributed by atoms with Crippen LogP contribution < -0.4 is 10.1 Å². The highest BCUT2D eigenvalue weighted by Crippen LogP contribution is 2.23. The maximum absolute atomic E-state index is 12.2. The molecule has 26 heavy (non-hydrogen) atoms. The van der Waals surface area contributed by atoms with E-state index in [4.69, 9.17) is 9.84 Å². The van der Waals surface area contributed by atoms with E-state index in [1.807, 2.05) is 59.0 Å². The van der Waals surface area contributed by atoms with Crippen molar-refractivity contribution in [2.45, 2.75) is 6.54 Å². The summed E-state index contributed by atoms with van der Waals surface area (Å²) in [6.07, 6.45) is 1.48. The molecule has 0 fully saturated rings. The molecule has 0 spiro atoms. The first kappa shape index (κ1) is 19.5.